The molecule has 0 bridgehead atoms. The molecule has 2 aromatic carbocycles. The van der Waals surface area contributed by atoms with Crippen LogP contribution in [0.4, 0.5) is 0 Å². The summed E-state index contributed by atoms with van der Waals surface area (Å²) >= 11 is -3.05. The Hall–Kier alpha value is -2.00. The van der Waals surface area contributed by atoms with Gasteiger partial charge in [-0.1, -0.05) is 23.8 Å². The zero-order valence-electron chi connectivity index (χ0n) is 9.33. The second-order valence-corrected chi connectivity index (χ2v) is 7.09. The minimum Gasteiger partial charge on any atom is -0.152 e. The molecule has 0 unspecified atom stereocenters. The van der Waals surface area contributed by atoms with Crippen LogP contribution in [0.25, 0.3) is 11.1 Å². The van der Waals surface area contributed by atoms with Crippen LogP contribution in [0.2, 0.25) is 0 Å². The van der Waals surface area contributed by atoms with Crippen LogP contribution in [0.5, 0.6) is 0 Å². The van der Waals surface area contributed by atoms with Crippen molar-refractivity contribution in [1.82, 2.24) is 0 Å². The predicted octanol–water partition coefficient (Wildman–Crippen LogP) is 1.88. The maximum atomic E-state index is 9.40. The topological polar surface area (TPSA) is 51.2 Å². The number of rotatable bonds is 1. The molecule has 90 valence electrons. The van der Waals surface area contributed by atoms with Gasteiger partial charge in [0.2, 0.25) is 0 Å². The van der Waals surface area contributed by atoms with E-state index in [4.69, 9.17) is 0 Å². The Morgan fingerprint density at radius 2 is 1.28 bits per heavy atom. The standard InChI is InChI=1S/C11H9.3CO.W/c1-2-6-10(7-3-1)11-8-4-5-9-11;3*1-2;/h1-9H;;;;/q-1;;;;. The van der Waals surface area contributed by atoms with Gasteiger partial charge in [-0.2, -0.15) is 12.1 Å². The summed E-state index contributed by atoms with van der Waals surface area (Å²) in [6.45, 7) is 0. The van der Waals surface area contributed by atoms with Crippen molar-refractivity contribution in [3.63, 3.8) is 0 Å². The van der Waals surface area contributed by atoms with Crippen LogP contribution in [0, 0.1) is 0 Å². The largest absolute Gasteiger partial charge is 0.152 e. The van der Waals surface area contributed by atoms with E-state index in [1.165, 1.54) is 23.9 Å². The van der Waals surface area contributed by atoms with Gasteiger partial charge in [-0.05, 0) is 0 Å². The molecule has 0 radical (unpaired) electrons. The van der Waals surface area contributed by atoms with Crippen molar-refractivity contribution < 1.29 is 30.3 Å². The van der Waals surface area contributed by atoms with Crippen molar-refractivity contribution in [3.05, 3.63) is 54.6 Å². The summed E-state index contributed by atoms with van der Waals surface area (Å²) in [7, 11) is 0. The average molecular weight is 409 g/mol. The maximum Gasteiger partial charge on any atom is -0.0771 e. The normalized spacial score (nSPS) is 8.00. The Balaban J connectivity index is 0.000000203. The summed E-state index contributed by atoms with van der Waals surface area (Å²) in [6.07, 6.45) is 0. The first kappa shape index (κ1) is 14.1. The third-order valence-corrected chi connectivity index (χ3v) is 3.82. The maximum absolute atomic E-state index is 9.40. The van der Waals surface area contributed by atoms with E-state index in [-0.39, 0.29) is 0 Å². The molecule has 0 aromatic heterocycles. The molecule has 0 heterocycles. The Morgan fingerprint density at radius 1 is 0.778 bits per heavy atom. The van der Waals surface area contributed by atoms with E-state index >= 15 is 0 Å². The molecule has 3 nitrogen and oxygen atoms in total. The van der Waals surface area contributed by atoms with E-state index in [0.717, 1.165) is 0 Å². The number of benzene rings is 1. The van der Waals surface area contributed by atoms with Crippen LogP contribution in [-0.4, -0.2) is 12.8 Å². The molecule has 0 saturated heterocycles. The van der Waals surface area contributed by atoms with Gasteiger partial charge in [0.1, 0.15) is 0 Å². The molecule has 0 fully saturated rings. The second kappa shape index (κ2) is 8.14. The van der Waals surface area contributed by atoms with E-state index < -0.39 is 15.9 Å². The molecule has 0 saturated carbocycles. The fourth-order valence-electron chi connectivity index (χ4n) is 1.25. The summed E-state index contributed by atoms with van der Waals surface area (Å²) < 4.78 is 3.90. The first-order valence-corrected chi connectivity index (χ1v) is 9.36. The molecule has 0 aliphatic carbocycles. The van der Waals surface area contributed by atoms with Crippen LogP contribution >= 0.6 is 0 Å². The van der Waals surface area contributed by atoms with Gasteiger partial charge in [-0.25, -0.2) is 0 Å². The van der Waals surface area contributed by atoms with Crippen molar-refractivity contribution >= 4 is 12.8 Å². The average Bonchev–Trinajstić information content (AvgIpc) is 2.96. The molecular formula is C14H9O3W-. The quantitative estimate of drug-likeness (QED) is 0.677. The zero-order chi connectivity index (χ0) is 13.2. The molecule has 4 heteroatoms. The van der Waals surface area contributed by atoms with E-state index in [9.17, 15) is 14.4 Å². The molecule has 2 rings (SSSR count). The smallest absolute Gasteiger partial charge is 0.0771 e. The van der Waals surface area contributed by atoms with Crippen molar-refractivity contribution in [2.24, 2.45) is 0 Å². The van der Waals surface area contributed by atoms with Gasteiger partial charge in [-0.15, -0.1) is 29.8 Å². The summed E-state index contributed by atoms with van der Waals surface area (Å²) in [5, 5.41) is 0. The predicted molar refractivity (Wildman–Crippen MR) is 64.6 cm³/mol. The van der Waals surface area contributed by atoms with Crippen LogP contribution in [0.1, 0.15) is 0 Å². The van der Waals surface area contributed by atoms with Crippen molar-refractivity contribution in [2.75, 3.05) is 0 Å². The minimum atomic E-state index is -3.05. The molecule has 0 N–H and O–H groups in total. The van der Waals surface area contributed by atoms with E-state index in [2.05, 4.69) is 48.5 Å². The molecule has 0 aliphatic rings. The van der Waals surface area contributed by atoms with E-state index in [1.54, 1.807) is 0 Å². The van der Waals surface area contributed by atoms with E-state index in [0.29, 0.717) is 0 Å². The van der Waals surface area contributed by atoms with Crippen molar-refractivity contribution in [3.8, 4) is 11.1 Å². The molecule has 0 atom stereocenters. The molecule has 0 amide bonds. The number of hydrogen-bond donors (Lipinski definition) is 0. The SMILES string of the molecule is O=[C]=[W](=[C]=O)=[C]=O.c1ccc(-[c-]2cccc2)cc1. The second-order valence-electron chi connectivity index (χ2n) is 3.10. The molecule has 2 aromatic rings. The molecule has 18 heavy (non-hydrogen) atoms. The van der Waals surface area contributed by atoms with Gasteiger partial charge in [0, 0.05) is 0 Å². The van der Waals surface area contributed by atoms with Gasteiger partial charge >= 0.3 is 43.1 Å². The van der Waals surface area contributed by atoms with Crippen LogP contribution in [0.15, 0.2) is 54.6 Å². The van der Waals surface area contributed by atoms with Gasteiger partial charge in [-0.3, -0.25) is 0 Å². The Labute approximate surface area is 109 Å². The zero-order valence-corrected chi connectivity index (χ0v) is 12.3. The van der Waals surface area contributed by atoms with Crippen LogP contribution < -0.4 is 0 Å². The van der Waals surface area contributed by atoms with Crippen LogP contribution in [0.3, 0.4) is 0 Å². The third kappa shape index (κ3) is 4.47. The minimum absolute atomic E-state index is 1.29. The Morgan fingerprint density at radius 3 is 1.67 bits per heavy atom. The summed E-state index contributed by atoms with van der Waals surface area (Å²) in [6, 6.07) is 18.7. The first-order chi connectivity index (χ1) is 8.81. The Kier molecular flexibility index (Phi) is 6.36. The van der Waals surface area contributed by atoms with Gasteiger partial charge in [0.25, 0.3) is 0 Å². The van der Waals surface area contributed by atoms with Crippen molar-refractivity contribution in [2.45, 2.75) is 0 Å². The fraction of sp³-hybridized carbons (Fsp3) is 0. The third-order valence-electron chi connectivity index (χ3n) is 2.02. The molecule has 0 spiro atoms. The molecule has 0 aliphatic heterocycles. The van der Waals surface area contributed by atoms with Crippen LogP contribution in [-0.2, 0) is 30.3 Å². The first-order valence-electron chi connectivity index (χ1n) is 4.96. The molecular weight excluding hydrogens is 400 g/mol. The van der Waals surface area contributed by atoms with Gasteiger partial charge in [0.15, 0.2) is 0 Å². The van der Waals surface area contributed by atoms with Gasteiger partial charge in [0.05, 0.1) is 0 Å². The fourth-order valence-corrected chi connectivity index (χ4v) is 1.61. The van der Waals surface area contributed by atoms with Crippen molar-refractivity contribution in [1.29, 1.82) is 0 Å². The number of carbonyl (C=O) groups excluding carboxylic acids is 3. The monoisotopic (exact) mass is 409 g/mol. The Bertz CT molecular complexity index is 648. The summed E-state index contributed by atoms with van der Waals surface area (Å²) in [4.78, 5) is 28.2. The van der Waals surface area contributed by atoms with E-state index in [1.807, 2.05) is 6.07 Å². The summed E-state index contributed by atoms with van der Waals surface area (Å²) in [5.41, 5.74) is 2.59. The van der Waals surface area contributed by atoms with Gasteiger partial charge < -0.3 is 0 Å². The summed E-state index contributed by atoms with van der Waals surface area (Å²) in [5.74, 6) is 0. The number of hydrogen-bond acceptors (Lipinski definition) is 3.